The van der Waals surface area contributed by atoms with E-state index in [-0.39, 0.29) is 12.4 Å². The van der Waals surface area contributed by atoms with Gasteiger partial charge in [0, 0.05) is 0 Å². The van der Waals surface area contributed by atoms with E-state index in [1.807, 2.05) is 36.4 Å². The predicted octanol–water partition coefficient (Wildman–Crippen LogP) is 1.80. The van der Waals surface area contributed by atoms with Gasteiger partial charge in [0.05, 0.1) is 17.7 Å². The van der Waals surface area contributed by atoms with Crippen LogP contribution in [0.15, 0.2) is 54.6 Å². The lowest BCUT2D eigenvalue weighted by molar-refractivity contribution is -0.150. The lowest BCUT2D eigenvalue weighted by Crippen LogP contribution is -2.43. The summed E-state index contributed by atoms with van der Waals surface area (Å²) >= 11 is 0. The Labute approximate surface area is 162 Å². The van der Waals surface area contributed by atoms with E-state index in [0.29, 0.717) is 17.7 Å². The first-order valence-electron chi connectivity index (χ1n) is 8.60. The highest BCUT2D eigenvalue weighted by Gasteiger charge is 2.18. The maximum absolute atomic E-state index is 12.0. The van der Waals surface area contributed by atoms with Gasteiger partial charge in [-0.15, -0.1) is 0 Å². The summed E-state index contributed by atoms with van der Waals surface area (Å²) in [4.78, 5) is 35.5. The number of nitrogens with one attached hydrogen (secondary N) is 1. The van der Waals surface area contributed by atoms with Crippen LogP contribution in [-0.4, -0.2) is 36.9 Å². The van der Waals surface area contributed by atoms with Crippen molar-refractivity contribution in [3.05, 3.63) is 65.7 Å². The van der Waals surface area contributed by atoms with Crippen LogP contribution >= 0.6 is 0 Å². The zero-order chi connectivity index (χ0) is 20.4. The molecule has 2 aromatic carbocycles. The molecule has 1 atom stereocenters. The third kappa shape index (κ3) is 6.92. The van der Waals surface area contributed by atoms with Gasteiger partial charge in [0.2, 0.25) is 0 Å². The minimum absolute atomic E-state index is 0.187. The van der Waals surface area contributed by atoms with Crippen molar-refractivity contribution in [2.75, 3.05) is 13.2 Å². The summed E-state index contributed by atoms with van der Waals surface area (Å²) in [6, 6.07) is 16.8. The van der Waals surface area contributed by atoms with Crippen LogP contribution in [0.4, 0.5) is 0 Å². The van der Waals surface area contributed by atoms with Crippen LogP contribution < -0.4 is 10.1 Å². The molecule has 0 aliphatic heterocycles. The fourth-order valence-corrected chi connectivity index (χ4v) is 2.34. The van der Waals surface area contributed by atoms with Crippen molar-refractivity contribution in [1.82, 2.24) is 5.32 Å². The predicted molar refractivity (Wildman–Crippen MR) is 100 cm³/mol. The van der Waals surface area contributed by atoms with Gasteiger partial charge in [-0.1, -0.05) is 30.3 Å². The van der Waals surface area contributed by atoms with E-state index in [1.54, 1.807) is 24.3 Å². The molecule has 0 saturated heterocycles. The number of amides is 1. The number of hydrogen-bond donors (Lipinski definition) is 1. The fourth-order valence-electron chi connectivity index (χ4n) is 2.34. The SMILES string of the molecule is CC(=O)[C@@H](Cc1ccccc1)NC(=O)COC(=O)COc1ccc(C#N)cc1. The zero-order valence-corrected chi connectivity index (χ0v) is 15.4. The lowest BCUT2D eigenvalue weighted by Gasteiger charge is -2.16. The average Bonchev–Trinajstić information content (AvgIpc) is 2.71. The number of nitriles is 1. The first-order valence-corrected chi connectivity index (χ1v) is 8.60. The summed E-state index contributed by atoms with van der Waals surface area (Å²) in [5.74, 6) is -1.07. The minimum atomic E-state index is -0.720. The summed E-state index contributed by atoms with van der Waals surface area (Å²) in [5.41, 5.74) is 1.39. The maximum Gasteiger partial charge on any atom is 0.344 e. The molecular weight excluding hydrogens is 360 g/mol. The molecular formula is C21H20N2O5. The highest BCUT2D eigenvalue weighted by atomic mass is 16.6. The Kier molecular flexibility index (Phi) is 7.73. The van der Waals surface area contributed by atoms with Crippen molar-refractivity contribution >= 4 is 17.7 Å². The number of carbonyl (C=O) groups is 3. The zero-order valence-electron chi connectivity index (χ0n) is 15.4. The van der Waals surface area contributed by atoms with E-state index >= 15 is 0 Å². The highest BCUT2D eigenvalue weighted by molar-refractivity contribution is 5.88. The number of esters is 1. The molecule has 0 aliphatic rings. The van der Waals surface area contributed by atoms with Crippen molar-refractivity contribution in [3.8, 4) is 11.8 Å². The van der Waals surface area contributed by atoms with Crippen molar-refractivity contribution < 1.29 is 23.9 Å². The molecule has 28 heavy (non-hydrogen) atoms. The van der Waals surface area contributed by atoms with E-state index < -0.39 is 24.5 Å². The topological polar surface area (TPSA) is 105 Å². The Morgan fingerprint density at radius 3 is 2.32 bits per heavy atom. The Bertz CT molecular complexity index is 857. The molecule has 2 rings (SSSR count). The largest absolute Gasteiger partial charge is 0.482 e. The van der Waals surface area contributed by atoms with Crippen LogP contribution in [0.1, 0.15) is 18.1 Å². The molecule has 7 nitrogen and oxygen atoms in total. The van der Waals surface area contributed by atoms with Crippen LogP contribution in [0.25, 0.3) is 0 Å². The summed E-state index contributed by atoms with van der Waals surface area (Å²) in [6.45, 7) is 0.513. The lowest BCUT2D eigenvalue weighted by atomic mass is 10.0. The molecule has 144 valence electrons. The van der Waals surface area contributed by atoms with E-state index in [9.17, 15) is 14.4 Å². The summed E-state index contributed by atoms with van der Waals surface area (Å²) < 4.78 is 10.1. The van der Waals surface area contributed by atoms with Crippen molar-refractivity contribution in [3.63, 3.8) is 0 Å². The summed E-state index contributed by atoms with van der Waals surface area (Å²) in [6.07, 6.45) is 0.359. The number of ether oxygens (including phenoxy) is 2. The number of benzene rings is 2. The van der Waals surface area contributed by atoms with Gasteiger partial charge in [-0.2, -0.15) is 5.26 Å². The molecule has 0 spiro atoms. The standard InChI is InChI=1S/C21H20N2O5/c1-15(24)19(11-16-5-3-2-4-6-16)23-20(25)13-28-21(26)14-27-18-9-7-17(12-22)8-10-18/h2-10,19H,11,13-14H2,1H3,(H,23,25)/t19-/m1/s1. The van der Waals surface area contributed by atoms with Gasteiger partial charge in [0.25, 0.3) is 5.91 Å². The summed E-state index contributed by atoms with van der Waals surface area (Å²) in [5, 5.41) is 11.3. The number of rotatable bonds is 9. The molecule has 0 unspecified atom stereocenters. The number of nitrogens with zero attached hydrogens (tertiary/aromatic N) is 1. The van der Waals surface area contributed by atoms with E-state index in [0.717, 1.165) is 5.56 Å². The van der Waals surface area contributed by atoms with Gasteiger partial charge in [0.1, 0.15) is 5.75 Å². The average molecular weight is 380 g/mol. The number of hydrogen-bond acceptors (Lipinski definition) is 6. The van der Waals surface area contributed by atoms with Crippen LogP contribution in [0, 0.1) is 11.3 Å². The smallest absolute Gasteiger partial charge is 0.344 e. The molecule has 0 aromatic heterocycles. The first-order chi connectivity index (χ1) is 13.5. The molecule has 0 heterocycles. The van der Waals surface area contributed by atoms with E-state index in [4.69, 9.17) is 14.7 Å². The van der Waals surface area contributed by atoms with E-state index in [2.05, 4.69) is 5.32 Å². The monoisotopic (exact) mass is 380 g/mol. The minimum Gasteiger partial charge on any atom is -0.482 e. The molecule has 1 amide bonds. The molecule has 7 heteroatoms. The Balaban J connectivity index is 1.75. The Morgan fingerprint density at radius 1 is 1.04 bits per heavy atom. The molecule has 1 N–H and O–H groups in total. The molecule has 0 bridgehead atoms. The van der Waals surface area contributed by atoms with Crippen LogP contribution in [-0.2, 0) is 25.5 Å². The number of ketones is 1. The van der Waals surface area contributed by atoms with Crippen LogP contribution in [0.2, 0.25) is 0 Å². The van der Waals surface area contributed by atoms with Gasteiger partial charge < -0.3 is 14.8 Å². The number of carbonyl (C=O) groups excluding carboxylic acids is 3. The number of Topliss-reactive ketones (excluding diaryl/α,β-unsaturated/α-hetero) is 1. The van der Waals surface area contributed by atoms with Crippen LogP contribution in [0.3, 0.4) is 0 Å². The Hall–Kier alpha value is -3.66. The summed E-state index contributed by atoms with van der Waals surface area (Å²) in [7, 11) is 0. The van der Waals surface area contributed by atoms with Gasteiger partial charge in [-0.3, -0.25) is 9.59 Å². The fraction of sp³-hybridized carbons (Fsp3) is 0.238. The first kappa shape index (κ1) is 20.6. The molecule has 0 radical (unpaired) electrons. The molecule has 2 aromatic rings. The van der Waals surface area contributed by atoms with Gasteiger partial charge in [-0.25, -0.2) is 4.79 Å². The van der Waals surface area contributed by atoms with Crippen molar-refractivity contribution in [2.24, 2.45) is 0 Å². The van der Waals surface area contributed by atoms with Crippen molar-refractivity contribution in [1.29, 1.82) is 5.26 Å². The highest BCUT2D eigenvalue weighted by Crippen LogP contribution is 2.11. The van der Waals surface area contributed by atoms with Gasteiger partial charge in [0.15, 0.2) is 19.0 Å². The van der Waals surface area contributed by atoms with Gasteiger partial charge in [-0.05, 0) is 43.2 Å². The molecule has 0 fully saturated rings. The maximum atomic E-state index is 12.0. The molecule has 0 aliphatic carbocycles. The van der Waals surface area contributed by atoms with E-state index in [1.165, 1.54) is 6.92 Å². The molecule has 0 saturated carbocycles. The third-order valence-corrected chi connectivity index (χ3v) is 3.81. The quantitative estimate of drug-likeness (QED) is 0.665. The van der Waals surface area contributed by atoms with Gasteiger partial charge >= 0.3 is 5.97 Å². The second kappa shape index (κ2) is 10.5. The normalized spacial score (nSPS) is 11.0. The van der Waals surface area contributed by atoms with Crippen molar-refractivity contribution in [2.45, 2.75) is 19.4 Å². The second-order valence-electron chi connectivity index (χ2n) is 6.01. The van der Waals surface area contributed by atoms with Crippen LogP contribution in [0.5, 0.6) is 5.75 Å². The Morgan fingerprint density at radius 2 is 1.71 bits per heavy atom. The third-order valence-electron chi connectivity index (χ3n) is 3.81. The second-order valence-corrected chi connectivity index (χ2v) is 6.01.